The molecule has 1 saturated carbocycles. The first-order valence-corrected chi connectivity index (χ1v) is 8.40. The molecule has 2 amide bonds. The first kappa shape index (κ1) is 14.4. The standard InChI is InChI=1S/C16H26N4O/c1-2-17-16(21)18-11-14-13-9-5-6-10-15(13)20(19-14)12-7-3-4-8-12/h12H,2-11H2,1H3,(H2,17,18,21). The van der Waals surface area contributed by atoms with E-state index < -0.39 is 0 Å². The fourth-order valence-electron chi connectivity index (χ4n) is 3.68. The van der Waals surface area contributed by atoms with Crippen LogP contribution in [0.4, 0.5) is 4.79 Å². The van der Waals surface area contributed by atoms with Crippen LogP contribution in [0.2, 0.25) is 0 Å². The molecule has 2 aliphatic carbocycles. The molecule has 21 heavy (non-hydrogen) atoms. The summed E-state index contributed by atoms with van der Waals surface area (Å²) in [5.74, 6) is 0. The smallest absolute Gasteiger partial charge is 0.315 e. The predicted octanol–water partition coefficient (Wildman–Crippen LogP) is 2.70. The van der Waals surface area contributed by atoms with Crippen LogP contribution < -0.4 is 10.6 Å². The van der Waals surface area contributed by atoms with Crippen LogP contribution in [0.3, 0.4) is 0 Å². The van der Waals surface area contributed by atoms with Crippen molar-refractivity contribution in [2.75, 3.05) is 6.54 Å². The molecule has 1 fully saturated rings. The second-order valence-corrected chi connectivity index (χ2v) is 6.17. The molecule has 2 N–H and O–H groups in total. The quantitative estimate of drug-likeness (QED) is 0.895. The summed E-state index contributed by atoms with van der Waals surface area (Å²) in [7, 11) is 0. The van der Waals surface area contributed by atoms with Crippen LogP contribution in [0.15, 0.2) is 0 Å². The van der Waals surface area contributed by atoms with E-state index in [1.54, 1.807) is 0 Å². The summed E-state index contributed by atoms with van der Waals surface area (Å²) in [6.07, 6.45) is 9.97. The highest BCUT2D eigenvalue weighted by molar-refractivity contribution is 5.73. The first-order chi connectivity index (χ1) is 10.3. The third kappa shape index (κ3) is 3.06. The Hall–Kier alpha value is -1.52. The van der Waals surface area contributed by atoms with Crippen LogP contribution in [0.1, 0.15) is 68.4 Å². The molecule has 1 aromatic rings. The highest BCUT2D eigenvalue weighted by atomic mass is 16.2. The van der Waals surface area contributed by atoms with E-state index in [2.05, 4.69) is 15.3 Å². The molecule has 116 valence electrons. The van der Waals surface area contributed by atoms with E-state index in [4.69, 9.17) is 5.10 Å². The van der Waals surface area contributed by atoms with Gasteiger partial charge in [0.2, 0.25) is 0 Å². The summed E-state index contributed by atoms with van der Waals surface area (Å²) in [5.41, 5.74) is 3.94. The summed E-state index contributed by atoms with van der Waals surface area (Å²) in [5, 5.41) is 10.6. The summed E-state index contributed by atoms with van der Waals surface area (Å²) >= 11 is 0. The largest absolute Gasteiger partial charge is 0.338 e. The van der Waals surface area contributed by atoms with Crippen molar-refractivity contribution in [1.82, 2.24) is 20.4 Å². The van der Waals surface area contributed by atoms with Crippen molar-refractivity contribution < 1.29 is 4.79 Å². The number of hydrogen-bond acceptors (Lipinski definition) is 2. The van der Waals surface area contributed by atoms with Crippen LogP contribution in [-0.4, -0.2) is 22.4 Å². The highest BCUT2D eigenvalue weighted by Gasteiger charge is 2.26. The van der Waals surface area contributed by atoms with Gasteiger partial charge in [0.25, 0.3) is 0 Å². The van der Waals surface area contributed by atoms with Gasteiger partial charge in [-0.1, -0.05) is 12.8 Å². The number of amides is 2. The van der Waals surface area contributed by atoms with Gasteiger partial charge in [0, 0.05) is 12.2 Å². The average molecular weight is 290 g/mol. The average Bonchev–Trinajstić information content (AvgIpc) is 3.13. The Morgan fingerprint density at radius 1 is 1.19 bits per heavy atom. The van der Waals surface area contributed by atoms with Crippen LogP contribution in [0, 0.1) is 0 Å². The molecule has 0 radical (unpaired) electrons. The minimum Gasteiger partial charge on any atom is -0.338 e. The third-order valence-electron chi connectivity index (χ3n) is 4.72. The van der Waals surface area contributed by atoms with E-state index in [0.717, 1.165) is 18.5 Å². The van der Waals surface area contributed by atoms with E-state index in [1.165, 1.54) is 49.8 Å². The van der Waals surface area contributed by atoms with E-state index >= 15 is 0 Å². The molecular formula is C16H26N4O. The molecule has 5 heteroatoms. The summed E-state index contributed by atoms with van der Waals surface area (Å²) in [6.45, 7) is 3.13. The third-order valence-corrected chi connectivity index (χ3v) is 4.72. The van der Waals surface area contributed by atoms with E-state index in [-0.39, 0.29) is 6.03 Å². The normalized spacial score (nSPS) is 18.5. The van der Waals surface area contributed by atoms with Crippen molar-refractivity contribution in [1.29, 1.82) is 0 Å². The molecule has 0 saturated heterocycles. The number of nitrogens with zero attached hydrogens (tertiary/aromatic N) is 2. The summed E-state index contributed by atoms with van der Waals surface area (Å²) in [6, 6.07) is 0.493. The van der Waals surface area contributed by atoms with Crippen LogP contribution in [-0.2, 0) is 19.4 Å². The van der Waals surface area contributed by atoms with Crippen molar-refractivity contribution in [2.24, 2.45) is 0 Å². The van der Waals surface area contributed by atoms with Gasteiger partial charge in [-0.25, -0.2) is 4.79 Å². The number of aromatic nitrogens is 2. The molecule has 0 unspecified atom stereocenters. The van der Waals surface area contributed by atoms with E-state index in [9.17, 15) is 4.79 Å². The highest BCUT2D eigenvalue weighted by Crippen LogP contribution is 2.34. The van der Waals surface area contributed by atoms with E-state index in [0.29, 0.717) is 19.1 Å². The molecule has 3 rings (SSSR count). The van der Waals surface area contributed by atoms with Gasteiger partial charge in [-0.15, -0.1) is 0 Å². The Bertz CT molecular complexity index is 503. The summed E-state index contributed by atoms with van der Waals surface area (Å²) in [4.78, 5) is 11.6. The van der Waals surface area contributed by atoms with Crippen molar-refractivity contribution in [3.8, 4) is 0 Å². The number of fused-ring (bicyclic) bond motifs is 1. The number of carbonyl (C=O) groups is 1. The molecule has 0 aromatic carbocycles. The Labute approximate surface area is 126 Å². The molecule has 1 heterocycles. The fraction of sp³-hybridized carbons (Fsp3) is 0.750. The first-order valence-electron chi connectivity index (χ1n) is 8.40. The molecule has 0 bridgehead atoms. The number of nitrogens with one attached hydrogen (secondary N) is 2. The molecule has 0 spiro atoms. The van der Waals surface area contributed by atoms with Gasteiger partial charge in [0.15, 0.2) is 0 Å². The monoisotopic (exact) mass is 290 g/mol. The van der Waals surface area contributed by atoms with Crippen LogP contribution in [0.25, 0.3) is 0 Å². The second-order valence-electron chi connectivity index (χ2n) is 6.17. The number of rotatable bonds is 4. The van der Waals surface area contributed by atoms with Crippen molar-refractivity contribution in [3.05, 3.63) is 17.0 Å². The Balaban J connectivity index is 1.78. The maximum atomic E-state index is 11.6. The lowest BCUT2D eigenvalue weighted by Crippen LogP contribution is -2.35. The summed E-state index contributed by atoms with van der Waals surface area (Å²) < 4.78 is 2.30. The SMILES string of the molecule is CCNC(=O)NCc1nn(C2CCCC2)c2c1CCCC2. The van der Waals surface area contributed by atoms with Gasteiger partial charge in [-0.2, -0.15) is 5.10 Å². The van der Waals surface area contributed by atoms with Gasteiger partial charge in [0.05, 0.1) is 18.3 Å². The Morgan fingerprint density at radius 2 is 1.95 bits per heavy atom. The van der Waals surface area contributed by atoms with E-state index in [1.807, 2.05) is 6.92 Å². The van der Waals surface area contributed by atoms with Crippen molar-refractivity contribution in [3.63, 3.8) is 0 Å². The van der Waals surface area contributed by atoms with Crippen LogP contribution >= 0.6 is 0 Å². The Kier molecular flexibility index (Phi) is 4.46. The lowest BCUT2D eigenvalue weighted by atomic mass is 9.95. The molecule has 0 aliphatic heterocycles. The number of carbonyl (C=O) groups excluding carboxylic acids is 1. The minimum absolute atomic E-state index is 0.0996. The molecular weight excluding hydrogens is 264 g/mol. The van der Waals surface area contributed by atoms with Gasteiger partial charge in [0.1, 0.15) is 0 Å². The maximum Gasteiger partial charge on any atom is 0.315 e. The van der Waals surface area contributed by atoms with Crippen molar-refractivity contribution >= 4 is 6.03 Å². The van der Waals surface area contributed by atoms with Crippen molar-refractivity contribution in [2.45, 2.75) is 70.9 Å². The minimum atomic E-state index is -0.0996. The maximum absolute atomic E-state index is 11.6. The van der Waals surface area contributed by atoms with Gasteiger partial charge in [-0.05, 0) is 51.0 Å². The zero-order valence-electron chi connectivity index (χ0n) is 13.0. The fourth-order valence-corrected chi connectivity index (χ4v) is 3.68. The number of hydrogen-bond donors (Lipinski definition) is 2. The lowest BCUT2D eigenvalue weighted by Gasteiger charge is -2.18. The topological polar surface area (TPSA) is 59.0 Å². The zero-order chi connectivity index (χ0) is 14.7. The second kappa shape index (κ2) is 6.50. The predicted molar refractivity (Wildman–Crippen MR) is 82.3 cm³/mol. The molecule has 0 atom stereocenters. The molecule has 1 aromatic heterocycles. The Morgan fingerprint density at radius 3 is 2.71 bits per heavy atom. The zero-order valence-corrected chi connectivity index (χ0v) is 13.0. The lowest BCUT2D eigenvalue weighted by molar-refractivity contribution is 0.241. The molecule has 2 aliphatic rings. The van der Waals surface area contributed by atoms with Crippen LogP contribution in [0.5, 0.6) is 0 Å². The molecule has 5 nitrogen and oxygen atoms in total. The van der Waals surface area contributed by atoms with Gasteiger partial charge in [-0.3, -0.25) is 4.68 Å². The van der Waals surface area contributed by atoms with Gasteiger partial charge < -0.3 is 10.6 Å². The van der Waals surface area contributed by atoms with Gasteiger partial charge >= 0.3 is 6.03 Å². The number of urea groups is 1.